The van der Waals surface area contributed by atoms with Crippen LogP contribution in [0, 0.1) is 5.92 Å². The van der Waals surface area contributed by atoms with E-state index in [4.69, 9.17) is 11.6 Å². The average molecular weight is 237 g/mol. The largest absolute Gasteiger partial charge is 0.117 e. The summed E-state index contributed by atoms with van der Waals surface area (Å²) in [6.45, 7) is 11.3. The summed E-state index contributed by atoms with van der Waals surface area (Å²) in [6.07, 6.45) is 0. The molecule has 0 saturated heterocycles. The molecule has 1 aromatic rings. The van der Waals surface area contributed by atoms with Crippen molar-refractivity contribution in [2.45, 2.75) is 51.3 Å². The fourth-order valence-corrected chi connectivity index (χ4v) is 2.92. The second-order valence-electron chi connectivity index (χ2n) is 6.14. The lowest BCUT2D eigenvalue weighted by molar-refractivity contribution is 0.519. The van der Waals surface area contributed by atoms with Crippen molar-refractivity contribution in [3.8, 4) is 0 Å². The minimum absolute atomic E-state index is 0.187. The first-order chi connectivity index (χ1) is 7.32. The van der Waals surface area contributed by atoms with Gasteiger partial charge in [0, 0.05) is 0 Å². The summed E-state index contributed by atoms with van der Waals surface area (Å²) < 4.78 is 0. The minimum atomic E-state index is 0.187. The lowest BCUT2D eigenvalue weighted by Crippen LogP contribution is -2.11. The van der Waals surface area contributed by atoms with Gasteiger partial charge in [-0.25, -0.2) is 0 Å². The fourth-order valence-electron chi connectivity index (χ4n) is 2.51. The fraction of sp³-hybridized carbons (Fsp3) is 0.600. The molecule has 0 spiro atoms. The maximum absolute atomic E-state index is 6.51. The topological polar surface area (TPSA) is 0 Å². The molecular formula is C15H21Cl. The minimum Gasteiger partial charge on any atom is -0.117 e. The molecule has 3 unspecified atom stereocenters. The van der Waals surface area contributed by atoms with Crippen molar-refractivity contribution in [2.24, 2.45) is 5.92 Å². The monoisotopic (exact) mass is 236 g/mol. The summed E-state index contributed by atoms with van der Waals surface area (Å²) in [5.74, 6) is 1.14. The molecule has 0 aliphatic heterocycles. The Kier molecular flexibility index (Phi) is 2.82. The zero-order valence-electron chi connectivity index (χ0n) is 10.8. The molecule has 3 atom stereocenters. The van der Waals surface area contributed by atoms with Crippen LogP contribution >= 0.6 is 11.6 Å². The van der Waals surface area contributed by atoms with Gasteiger partial charge >= 0.3 is 0 Å². The molecule has 88 valence electrons. The Hall–Kier alpha value is -0.490. The van der Waals surface area contributed by atoms with Crippen LogP contribution in [0.1, 0.15) is 62.6 Å². The van der Waals surface area contributed by atoms with E-state index in [0.717, 1.165) is 0 Å². The van der Waals surface area contributed by atoms with Crippen molar-refractivity contribution >= 4 is 11.6 Å². The zero-order chi connectivity index (χ0) is 12.1. The molecular weight excluding hydrogens is 216 g/mol. The van der Waals surface area contributed by atoms with Crippen LogP contribution in [0.2, 0.25) is 0 Å². The Morgan fingerprint density at radius 1 is 1.06 bits per heavy atom. The number of fused-ring (bicyclic) bond motifs is 1. The summed E-state index contributed by atoms with van der Waals surface area (Å²) in [5, 5.41) is 0.187. The van der Waals surface area contributed by atoms with Gasteiger partial charge in [-0.05, 0) is 33.9 Å². The van der Waals surface area contributed by atoms with Gasteiger partial charge in [0.05, 0.1) is 5.38 Å². The molecule has 1 heteroatoms. The molecule has 0 N–H and O–H groups in total. The van der Waals surface area contributed by atoms with Gasteiger partial charge in [0.2, 0.25) is 0 Å². The Morgan fingerprint density at radius 3 is 2.25 bits per heavy atom. The van der Waals surface area contributed by atoms with E-state index in [1.165, 1.54) is 16.7 Å². The van der Waals surface area contributed by atoms with Gasteiger partial charge < -0.3 is 0 Å². The molecule has 0 saturated carbocycles. The van der Waals surface area contributed by atoms with Crippen LogP contribution in [-0.2, 0) is 5.41 Å². The summed E-state index contributed by atoms with van der Waals surface area (Å²) in [5.41, 5.74) is 4.40. The van der Waals surface area contributed by atoms with E-state index in [9.17, 15) is 0 Å². The molecule has 1 aliphatic carbocycles. The van der Waals surface area contributed by atoms with Crippen LogP contribution in [0.4, 0.5) is 0 Å². The molecule has 16 heavy (non-hydrogen) atoms. The van der Waals surface area contributed by atoms with Crippen LogP contribution in [0.5, 0.6) is 0 Å². The van der Waals surface area contributed by atoms with E-state index in [-0.39, 0.29) is 10.8 Å². The van der Waals surface area contributed by atoms with Crippen molar-refractivity contribution in [1.82, 2.24) is 0 Å². The molecule has 2 rings (SSSR count). The Labute approximate surface area is 104 Å². The number of hydrogen-bond acceptors (Lipinski definition) is 0. The van der Waals surface area contributed by atoms with Crippen molar-refractivity contribution in [3.63, 3.8) is 0 Å². The molecule has 0 heterocycles. The highest BCUT2D eigenvalue weighted by atomic mass is 35.5. The van der Waals surface area contributed by atoms with Crippen LogP contribution in [0.25, 0.3) is 0 Å². The summed E-state index contributed by atoms with van der Waals surface area (Å²) in [7, 11) is 0. The van der Waals surface area contributed by atoms with Gasteiger partial charge in [0.15, 0.2) is 0 Å². The third-order valence-corrected chi connectivity index (χ3v) is 4.62. The Bertz CT molecular complexity index is 400. The summed E-state index contributed by atoms with van der Waals surface area (Å²) >= 11 is 6.51. The van der Waals surface area contributed by atoms with E-state index in [2.05, 4.69) is 52.8 Å². The number of benzene rings is 1. The third kappa shape index (κ3) is 1.78. The second kappa shape index (κ2) is 3.77. The number of hydrogen-bond donors (Lipinski definition) is 0. The van der Waals surface area contributed by atoms with Gasteiger partial charge in [0.25, 0.3) is 0 Å². The molecule has 0 amide bonds. The number of rotatable bonds is 0. The second-order valence-corrected chi connectivity index (χ2v) is 6.61. The standard InChI is InChI=1S/C15H21Cl/c1-9-10(2)14(16)13-8-11(15(3,4)5)6-7-12(9)13/h6-10,14H,1-5H3. The normalized spacial score (nSPS) is 29.2. The average Bonchev–Trinajstić information content (AvgIpc) is 2.43. The van der Waals surface area contributed by atoms with Crippen LogP contribution < -0.4 is 0 Å². The first kappa shape index (κ1) is 12.0. The predicted octanol–water partition coefficient (Wildman–Crippen LogP) is 5.02. The summed E-state index contributed by atoms with van der Waals surface area (Å²) in [4.78, 5) is 0. The van der Waals surface area contributed by atoms with Gasteiger partial charge in [-0.1, -0.05) is 52.8 Å². The van der Waals surface area contributed by atoms with E-state index in [0.29, 0.717) is 11.8 Å². The van der Waals surface area contributed by atoms with Crippen LogP contribution in [0.3, 0.4) is 0 Å². The molecule has 0 aromatic heterocycles. The van der Waals surface area contributed by atoms with E-state index in [1.54, 1.807) is 0 Å². The highest BCUT2D eigenvalue weighted by molar-refractivity contribution is 6.21. The quantitative estimate of drug-likeness (QED) is 0.555. The maximum Gasteiger partial charge on any atom is 0.0619 e. The number of halogens is 1. The third-order valence-electron chi connectivity index (χ3n) is 3.99. The van der Waals surface area contributed by atoms with Gasteiger partial charge in [0.1, 0.15) is 0 Å². The van der Waals surface area contributed by atoms with Crippen molar-refractivity contribution in [2.75, 3.05) is 0 Å². The highest BCUT2D eigenvalue weighted by Crippen LogP contribution is 2.49. The van der Waals surface area contributed by atoms with Crippen molar-refractivity contribution < 1.29 is 0 Å². The Balaban J connectivity index is 2.50. The van der Waals surface area contributed by atoms with Crippen LogP contribution in [0.15, 0.2) is 18.2 Å². The lowest BCUT2D eigenvalue weighted by Gasteiger charge is -2.20. The molecule has 0 fully saturated rings. The molecule has 1 aromatic carbocycles. The van der Waals surface area contributed by atoms with Crippen molar-refractivity contribution in [3.05, 3.63) is 34.9 Å². The van der Waals surface area contributed by atoms with Crippen LogP contribution in [-0.4, -0.2) is 0 Å². The maximum atomic E-state index is 6.51. The van der Waals surface area contributed by atoms with E-state index in [1.807, 2.05) is 0 Å². The van der Waals surface area contributed by atoms with Gasteiger partial charge in [-0.15, -0.1) is 11.6 Å². The predicted molar refractivity (Wildman–Crippen MR) is 71.3 cm³/mol. The first-order valence-corrected chi connectivity index (χ1v) is 6.54. The van der Waals surface area contributed by atoms with E-state index >= 15 is 0 Å². The smallest absolute Gasteiger partial charge is 0.0619 e. The van der Waals surface area contributed by atoms with E-state index < -0.39 is 0 Å². The molecule has 1 aliphatic rings. The highest BCUT2D eigenvalue weighted by Gasteiger charge is 2.34. The first-order valence-electron chi connectivity index (χ1n) is 6.10. The zero-order valence-corrected chi connectivity index (χ0v) is 11.6. The summed E-state index contributed by atoms with van der Waals surface area (Å²) in [6, 6.07) is 6.85. The van der Waals surface area contributed by atoms with Crippen molar-refractivity contribution in [1.29, 1.82) is 0 Å². The lowest BCUT2D eigenvalue weighted by atomic mass is 9.85. The molecule has 0 radical (unpaired) electrons. The molecule has 0 nitrogen and oxygen atoms in total. The number of alkyl halides is 1. The Morgan fingerprint density at radius 2 is 1.69 bits per heavy atom. The van der Waals surface area contributed by atoms with Gasteiger partial charge in [-0.2, -0.15) is 0 Å². The van der Waals surface area contributed by atoms with Gasteiger partial charge in [-0.3, -0.25) is 0 Å². The SMILES string of the molecule is CC1c2ccc(C(C)(C)C)cc2C(Cl)C1C. The molecule has 0 bridgehead atoms.